The summed E-state index contributed by atoms with van der Waals surface area (Å²) in [7, 11) is 3.85. The number of carbonyl (C=O) groups excluding carboxylic acids is 1. The highest BCUT2D eigenvalue weighted by Crippen LogP contribution is 1.81. The van der Waals surface area contributed by atoms with Crippen molar-refractivity contribution in [2.24, 2.45) is 0 Å². The molecule has 3 nitrogen and oxygen atoms in total. The molecular formula is C5H11N2O+. The van der Waals surface area contributed by atoms with E-state index in [1.807, 2.05) is 14.1 Å². The number of carbonyl (C=O) groups is 1. The second kappa shape index (κ2) is 1.74. The lowest BCUT2D eigenvalue weighted by atomic mass is 10.6. The van der Waals surface area contributed by atoms with Crippen LogP contribution in [0.3, 0.4) is 0 Å². The molecule has 1 rings (SSSR count). The molecule has 1 N–H and O–H groups in total. The van der Waals surface area contributed by atoms with Crippen molar-refractivity contribution < 1.29 is 9.69 Å². The van der Waals surface area contributed by atoms with Gasteiger partial charge < -0.3 is 4.90 Å². The highest BCUT2D eigenvalue weighted by atomic mass is 16.2. The molecule has 1 atom stereocenters. The van der Waals surface area contributed by atoms with Gasteiger partial charge in [-0.3, -0.25) is 9.69 Å². The van der Waals surface area contributed by atoms with E-state index in [0.29, 0.717) is 6.54 Å². The Labute approximate surface area is 48.9 Å². The number of likely N-dealkylation sites (N-methyl/N-ethyl adjacent to an activating group) is 2. The van der Waals surface area contributed by atoms with E-state index in [2.05, 4.69) is 0 Å². The Morgan fingerprint density at radius 3 is 2.50 bits per heavy atom. The number of amides is 1. The Morgan fingerprint density at radius 2 is 2.38 bits per heavy atom. The van der Waals surface area contributed by atoms with E-state index in [0.717, 1.165) is 6.67 Å². The fraction of sp³-hybridized carbons (Fsp3) is 0.800. The van der Waals surface area contributed by atoms with Crippen molar-refractivity contribution in [3.05, 3.63) is 0 Å². The maximum atomic E-state index is 10.7. The predicted octanol–water partition coefficient (Wildman–Crippen LogP) is -2.07. The quantitative estimate of drug-likeness (QED) is 0.385. The SMILES string of the molecule is CN1C[NH+](C)CC1=O. The van der Waals surface area contributed by atoms with Crippen LogP contribution < -0.4 is 4.90 Å². The van der Waals surface area contributed by atoms with Crippen LogP contribution in [-0.4, -0.2) is 38.1 Å². The summed E-state index contributed by atoms with van der Waals surface area (Å²) in [6, 6.07) is 0. The highest BCUT2D eigenvalue weighted by Gasteiger charge is 2.23. The van der Waals surface area contributed by atoms with Crippen LogP contribution in [0.5, 0.6) is 0 Å². The molecule has 1 saturated heterocycles. The number of hydrogen-bond donors (Lipinski definition) is 1. The van der Waals surface area contributed by atoms with E-state index < -0.39 is 0 Å². The Balaban J connectivity index is 2.51. The van der Waals surface area contributed by atoms with E-state index in [4.69, 9.17) is 0 Å². The van der Waals surface area contributed by atoms with Gasteiger partial charge in [-0.2, -0.15) is 0 Å². The van der Waals surface area contributed by atoms with Gasteiger partial charge in [-0.15, -0.1) is 0 Å². The van der Waals surface area contributed by atoms with Crippen molar-refractivity contribution in [3.63, 3.8) is 0 Å². The zero-order valence-corrected chi connectivity index (χ0v) is 5.27. The topological polar surface area (TPSA) is 24.8 Å². The molecular weight excluding hydrogens is 104 g/mol. The second-order valence-corrected chi connectivity index (χ2v) is 2.38. The molecule has 46 valence electrons. The summed E-state index contributed by atoms with van der Waals surface area (Å²) in [4.78, 5) is 13.7. The monoisotopic (exact) mass is 115 g/mol. The molecule has 1 aliphatic rings. The van der Waals surface area contributed by atoms with Crippen molar-refractivity contribution in [2.75, 3.05) is 27.3 Å². The first-order chi connectivity index (χ1) is 3.70. The minimum absolute atomic E-state index is 0.252. The van der Waals surface area contributed by atoms with Gasteiger partial charge in [0.2, 0.25) is 0 Å². The van der Waals surface area contributed by atoms with Gasteiger partial charge >= 0.3 is 0 Å². The van der Waals surface area contributed by atoms with Crippen LogP contribution in [0.2, 0.25) is 0 Å². The fourth-order valence-electron chi connectivity index (χ4n) is 0.942. The molecule has 0 aromatic heterocycles. The van der Waals surface area contributed by atoms with Crippen LogP contribution in [-0.2, 0) is 4.79 Å². The molecule has 1 aliphatic heterocycles. The van der Waals surface area contributed by atoms with Gasteiger partial charge in [0, 0.05) is 7.05 Å². The molecule has 0 bridgehead atoms. The minimum Gasteiger partial charge on any atom is -0.312 e. The molecule has 0 radical (unpaired) electrons. The normalized spacial score (nSPS) is 29.5. The molecule has 3 heteroatoms. The number of hydrogen-bond acceptors (Lipinski definition) is 1. The van der Waals surface area contributed by atoms with Gasteiger partial charge in [0.1, 0.15) is 0 Å². The van der Waals surface area contributed by atoms with E-state index >= 15 is 0 Å². The summed E-state index contributed by atoms with van der Waals surface area (Å²) >= 11 is 0. The highest BCUT2D eigenvalue weighted by molar-refractivity contribution is 5.77. The van der Waals surface area contributed by atoms with Crippen molar-refractivity contribution in [1.82, 2.24) is 4.90 Å². The van der Waals surface area contributed by atoms with E-state index in [1.165, 1.54) is 4.90 Å². The van der Waals surface area contributed by atoms with E-state index in [1.54, 1.807) is 4.90 Å². The van der Waals surface area contributed by atoms with Gasteiger partial charge in [-0.05, 0) is 0 Å². The second-order valence-electron chi connectivity index (χ2n) is 2.38. The molecule has 0 spiro atoms. The zero-order valence-electron chi connectivity index (χ0n) is 5.27. The standard InChI is InChI=1S/C5H10N2O/c1-6-3-5(8)7(2)4-6/h3-4H2,1-2H3/p+1. The maximum absolute atomic E-state index is 10.7. The van der Waals surface area contributed by atoms with Gasteiger partial charge in [-0.25, -0.2) is 0 Å². The summed E-state index contributed by atoms with van der Waals surface area (Å²) in [6.07, 6.45) is 0. The fourth-order valence-corrected chi connectivity index (χ4v) is 0.942. The molecule has 1 amide bonds. The third-order valence-corrected chi connectivity index (χ3v) is 1.39. The molecule has 1 fully saturated rings. The van der Waals surface area contributed by atoms with Crippen LogP contribution in [0.1, 0.15) is 0 Å². The third kappa shape index (κ3) is 0.816. The molecule has 0 aromatic rings. The first-order valence-electron chi connectivity index (χ1n) is 2.75. The van der Waals surface area contributed by atoms with Crippen LogP contribution in [0.25, 0.3) is 0 Å². The molecule has 0 aromatic carbocycles. The summed E-state index contributed by atoms with van der Waals surface area (Å²) in [6.45, 7) is 1.52. The molecule has 8 heavy (non-hydrogen) atoms. The number of quaternary nitrogens is 1. The lowest BCUT2D eigenvalue weighted by Crippen LogP contribution is -3.07. The van der Waals surface area contributed by atoms with Crippen molar-refractivity contribution in [2.45, 2.75) is 0 Å². The lowest BCUT2D eigenvalue weighted by molar-refractivity contribution is -0.868. The van der Waals surface area contributed by atoms with Gasteiger partial charge in [-0.1, -0.05) is 0 Å². The summed E-state index contributed by atoms with van der Waals surface area (Å²) in [5, 5.41) is 0. The summed E-state index contributed by atoms with van der Waals surface area (Å²) in [5.41, 5.74) is 0. The first kappa shape index (κ1) is 5.56. The van der Waals surface area contributed by atoms with Gasteiger partial charge in [0.05, 0.1) is 7.05 Å². The average molecular weight is 115 g/mol. The molecule has 0 saturated carbocycles. The van der Waals surface area contributed by atoms with Gasteiger partial charge in [0.25, 0.3) is 5.91 Å². The minimum atomic E-state index is 0.252. The molecule has 0 aliphatic carbocycles. The Bertz CT molecular complexity index is 113. The number of nitrogens with zero attached hydrogens (tertiary/aromatic N) is 1. The number of rotatable bonds is 0. The van der Waals surface area contributed by atoms with Crippen molar-refractivity contribution in [3.8, 4) is 0 Å². The van der Waals surface area contributed by atoms with E-state index in [9.17, 15) is 4.79 Å². The Hall–Kier alpha value is -0.570. The summed E-state index contributed by atoms with van der Waals surface area (Å²) < 4.78 is 0. The molecule has 1 unspecified atom stereocenters. The Morgan fingerprint density at radius 1 is 1.75 bits per heavy atom. The van der Waals surface area contributed by atoms with Crippen molar-refractivity contribution >= 4 is 5.91 Å². The van der Waals surface area contributed by atoms with Crippen LogP contribution in [0.15, 0.2) is 0 Å². The smallest absolute Gasteiger partial charge is 0.281 e. The van der Waals surface area contributed by atoms with Crippen LogP contribution in [0.4, 0.5) is 0 Å². The largest absolute Gasteiger partial charge is 0.312 e. The van der Waals surface area contributed by atoms with Gasteiger partial charge in [0.15, 0.2) is 13.2 Å². The predicted molar refractivity (Wildman–Crippen MR) is 29.4 cm³/mol. The zero-order chi connectivity index (χ0) is 6.15. The lowest BCUT2D eigenvalue weighted by Gasteiger charge is -2.03. The van der Waals surface area contributed by atoms with E-state index in [-0.39, 0.29) is 5.91 Å². The number of nitrogens with one attached hydrogen (secondary N) is 1. The average Bonchev–Trinajstić information content (AvgIpc) is 1.85. The summed E-state index contributed by atoms with van der Waals surface area (Å²) in [5.74, 6) is 0.252. The maximum Gasteiger partial charge on any atom is 0.281 e. The Kier molecular flexibility index (Phi) is 1.21. The molecule has 1 heterocycles. The van der Waals surface area contributed by atoms with Crippen LogP contribution in [0, 0.1) is 0 Å². The third-order valence-electron chi connectivity index (χ3n) is 1.39. The van der Waals surface area contributed by atoms with Crippen LogP contribution >= 0.6 is 0 Å². The van der Waals surface area contributed by atoms with Crippen molar-refractivity contribution in [1.29, 1.82) is 0 Å². The first-order valence-corrected chi connectivity index (χ1v) is 2.75.